The second kappa shape index (κ2) is 12.3. The molecule has 33 heavy (non-hydrogen) atoms. The van der Waals surface area contributed by atoms with Crippen LogP contribution in [-0.4, -0.2) is 74.6 Å². The molecule has 178 valence electrons. The molecular weight excluding hydrogens is 432 g/mol. The Labute approximate surface area is 190 Å². The molecule has 1 aromatic heterocycles. The molecule has 0 aliphatic carbocycles. The zero-order valence-corrected chi connectivity index (χ0v) is 18.0. The average Bonchev–Trinajstić information content (AvgIpc) is 3.30. The number of H-pyrrole nitrogens is 1. The van der Waals surface area contributed by atoms with E-state index in [2.05, 4.69) is 25.9 Å². The van der Waals surface area contributed by atoms with Gasteiger partial charge in [-0.3, -0.25) is 14.4 Å². The van der Waals surface area contributed by atoms with Crippen molar-refractivity contribution in [1.82, 2.24) is 25.9 Å². The molecule has 8 N–H and O–H groups in total. The summed E-state index contributed by atoms with van der Waals surface area (Å²) in [7, 11) is 0. The minimum atomic E-state index is -1.52. The fourth-order valence-electron chi connectivity index (χ4n) is 2.93. The van der Waals surface area contributed by atoms with Gasteiger partial charge in [-0.05, 0) is 12.5 Å². The first-order chi connectivity index (χ1) is 15.7. The molecule has 2 rings (SSSR count). The number of aliphatic hydroxyl groups excluding tert-OH is 1. The number of hydrogen-bond donors (Lipinski definition) is 7. The first-order valence-electron chi connectivity index (χ1n) is 10.2. The number of nitrogens with one attached hydrogen (secondary N) is 4. The minimum absolute atomic E-state index is 0.0657. The number of aliphatic carboxylic acids is 1. The van der Waals surface area contributed by atoms with Gasteiger partial charge in [0.05, 0.1) is 19.0 Å². The predicted molar refractivity (Wildman–Crippen MR) is 117 cm³/mol. The maximum absolute atomic E-state index is 12.7. The van der Waals surface area contributed by atoms with E-state index in [-0.39, 0.29) is 12.8 Å². The number of nitrogens with zero attached hydrogens (tertiary/aromatic N) is 1. The van der Waals surface area contributed by atoms with Gasteiger partial charge in [0.1, 0.15) is 18.1 Å². The molecule has 0 spiro atoms. The molecule has 0 fully saturated rings. The standard InChI is InChI=1S/C21H28N6O6/c1-12(25-19(30)15(22)8-14-9-23-11-24-14)18(29)26-16(7-13-5-3-2-4-6-13)20(31)27-17(10-28)21(32)33/h2-6,9,11-12,15-17,28H,7-8,10,22H2,1H3,(H,23,24)(H,25,30)(H,26,29)(H,27,31)(H,32,33). The molecular formula is C21H28N6O6. The van der Waals surface area contributed by atoms with Crippen LogP contribution in [0.4, 0.5) is 0 Å². The van der Waals surface area contributed by atoms with E-state index in [1.165, 1.54) is 19.4 Å². The van der Waals surface area contributed by atoms with E-state index in [0.29, 0.717) is 11.3 Å². The maximum Gasteiger partial charge on any atom is 0.328 e. The Morgan fingerprint density at radius 2 is 1.67 bits per heavy atom. The van der Waals surface area contributed by atoms with Crippen LogP contribution in [0.25, 0.3) is 0 Å². The molecule has 0 bridgehead atoms. The van der Waals surface area contributed by atoms with E-state index in [9.17, 15) is 24.3 Å². The van der Waals surface area contributed by atoms with Gasteiger partial charge in [0.2, 0.25) is 17.7 Å². The highest BCUT2D eigenvalue weighted by molar-refractivity contribution is 5.94. The lowest BCUT2D eigenvalue weighted by molar-refractivity contribution is -0.143. The van der Waals surface area contributed by atoms with E-state index >= 15 is 0 Å². The number of amides is 3. The molecule has 0 aliphatic heterocycles. The summed E-state index contributed by atoms with van der Waals surface area (Å²) in [6.07, 6.45) is 3.25. The van der Waals surface area contributed by atoms with Crippen molar-refractivity contribution in [3.63, 3.8) is 0 Å². The Kier molecular flexibility index (Phi) is 9.51. The van der Waals surface area contributed by atoms with Crippen LogP contribution in [0.3, 0.4) is 0 Å². The Morgan fingerprint density at radius 3 is 2.24 bits per heavy atom. The van der Waals surface area contributed by atoms with Crippen molar-refractivity contribution in [3.05, 3.63) is 54.1 Å². The number of nitrogens with two attached hydrogens (primary N) is 1. The van der Waals surface area contributed by atoms with Crippen LogP contribution in [0, 0.1) is 0 Å². The number of carbonyl (C=O) groups excluding carboxylic acids is 3. The monoisotopic (exact) mass is 460 g/mol. The molecule has 1 heterocycles. The normalized spacial score (nSPS) is 14.4. The van der Waals surface area contributed by atoms with Gasteiger partial charge in [0.15, 0.2) is 0 Å². The number of carboxylic acid groups (broad SMARTS) is 1. The third-order valence-corrected chi connectivity index (χ3v) is 4.80. The summed E-state index contributed by atoms with van der Waals surface area (Å²) in [5.41, 5.74) is 7.25. The lowest BCUT2D eigenvalue weighted by atomic mass is 10.0. The number of aliphatic hydroxyl groups is 1. The number of carboxylic acids is 1. The lowest BCUT2D eigenvalue weighted by Crippen LogP contribution is -2.57. The third-order valence-electron chi connectivity index (χ3n) is 4.80. The predicted octanol–water partition coefficient (Wildman–Crippen LogP) is -1.93. The summed E-state index contributed by atoms with van der Waals surface area (Å²) in [5.74, 6) is -3.43. The quantitative estimate of drug-likeness (QED) is 0.190. The summed E-state index contributed by atoms with van der Waals surface area (Å²) < 4.78 is 0. The molecule has 3 amide bonds. The maximum atomic E-state index is 12.7. The average molecular weight is 460 g/mol. The van der Waals surface area contributed by atoms with Crippen LogP contribution >= 0.6 is 0 Å². The highest BCUT2D eigenvalue weighted by Crippen LogP contribution is 2.05. The van der Waals surface area contributed by atoms with Crippen molar-refractivity contribution < 1.29 is 29.4 Å². The van der Waals surface area contributed by atoms with E-state index in [1.807, 2.05) is 0 Å². The van der Waals surface area contributed by atoms with Crippen LogP contribution in [0.1, 0.15) is 18.2 Å². The highest BCUT2D eigenvalue weighted by atomic mass is 16.4. The Bertz CT molecular complexity index is 936. The highest BCUT2D eigenvalue weighted by Gasteiger charge is 2.28. The van der Waals surface area contributed by atoms with E-state index in [4.69, 9.17) is 10.8 Å². The second-order valence-corrected chi connectivity index (χ2v) is 7.45. The van der Waals surface area contributed by atoms with Crippen LogP contribution in [0.2, 0.25) is 0 Å². The molecule has 4 atom stereocenters. The van der Waals surface area contributed by atoms with E-state index in [1.54, 1.807) is 30.3 Å². The van der Waals surface area contributed by atoms with Gasteiger partial charge in [-0.1, -0.05) is 30.3 Å². The van der Waals surface area contributed by atoms with Crippen molar-refractivity contribution in [3.8, 4) is 0 Å². The molecule has 0 saturated heterocycles. The number of rotatable bonds is 12. The van der Waals surface area contributed by atoms with Gasteiger partial charge < -0.3 is 36.9 Å². The van der Waals surface area contributed by atoms with Crippen LogP contribution in [0.5, 0.6) is 0 Å². The second-order valence-electron chi connectivity index (χ2n) is 7.45. The molecule has 0 saturated carbocycles. The van der Waals surface area contributed by atoms with Gasteiger partial charge in [-0.2, -0.15) is 0 Å². The van der Waals surface area contributed by atoms with Gasteiger partial charge in [-0.25, -0.2) is 9.78 Å². The Balaban J connectivity index is 2.03. The Morgan fingerprint density at radius 1 is 1.00 bits per heavy atom. The summed E-state index contributed by atoms with van der Waals surface area (Å²) in [6.45, 7) is 0.620. The molecule has 12 heteroatoms. The van der Waals surface area contributed by atoms with Crippen LogP contribution in [0.15, 0.2) is 42.9 Å². The van der Waals surface area contributed by atoms with Crippen molar-refractivity contribution in [1.29, 1.82) is 0 Å². The van der Waals surface area contributed by atoms with E-state index < -0.39 is 54.5 Å². The first kappa shape index (κ1) is 25.5. The van der Waals surface area contributed by atoms with Crippen LogP contribution < -0.4 is 21.7 Å². The van der Waals surface area contributed by atoms with Gasteiger partial charge >= 0.3 is 5.97 Å². The van der Waals surface area contributed by atoms with Crippen molar-refractivity contribution in [2.45, 2.75) is 43.9 Å². The molecule has 2 aromatic rings. The number of carbonyl (C=O) groups is 4. The smallest absolute Gasteiger partial charge is 0.328 e. The zero-order valence-electron chi connectivity index (χ0n) is 18.0. The Hall–Kier alpha value is -3.77. The summed E-state index contributed by atoms with van der Waals surface area (Å²) in [5, 5.41) is 25.5. The third kappa shape index (κ3) is 8.01. The van der Waals surface area contributed by atoms with Crippen molar-refractivity contribution in [2.75, 3.05) is 6.61 Å². The van der Waals surface area contributed by atoms with Crippen LogP contribution in [-0.2, 0) is 32.0 Å². The SMILES string of the molecule is CC(NC(=O)C(N)Cc1cnc[nH]1)C(=O)NC(Cc1ccccc1)C(=O)NC(CO)C(=O)O. The number of aromatic amines is 1. The molecule has 0 radical (unpaired) electrons. The van der Waals surface area contributed by atoms with Crippen molar-refractivity contribution in [2.24, 2.45) is 5.73 Å². The summed E-state index contributed by atoms with van der Waals surface area (Å²) in [6, 6.07) is 4.16. The van der Waals surface area contributed by atoms with Gasteiger partial charge in [0, 0.05) is 24.7 Å². The largest absolute Gasteiger partial charge is 0.480 e. The number of aromatic nitrogens is 2. The zero-order chi connectivity index (χ0) is 24.4. The molecule has 0 aliphatic rings. The fourth-order valence-corrected chi connectivity index (χ4v) is 2.93. The summed E-state index contributed by atoms with van der Waals surface area (Å²) in [4.78, 5) is 55.5. The minimum Gasteiger partial charge on any atom is -0.480 e. The topological polar surface area (TPSA) is 200 Å². The number of benzene rings is 1. The lowest BCUT2D eigenvalue weighted by Gasteiger charge is -2.23. The summed E-state index contributed by atoms with van der Waals surface area (Å²) >= 11 is 0. The van der Waals surface area contributed by atoms with E-state index in [0.717, 1.165) is 0 Å². The van der Waals surface area contributed by atoms with Gasteiger partial charge in [-0.15, -0.1) is 0 Å². The number of hydrogen-bond acceptors (Lipinski definition) is 7. The first-order valence-corrected chi connectivity index (χ1v) is 10.2. The van der Waals surface area contributed by atoms with Crippen molar-refractivity contribution >= 4 is 23.7 Å². The number of imidazole rings is 1. The molecule has 1 aromatic carbocycles. The molecule has 4 unspecified atom stereocenters. The fraction of sp³-hybridized carbons (Fsp3) is 0.381. The molecule has 12 nitrogen and oxygen atoms in total. The van der Waals surface area contributed by atoms with Gasteiger partial charge in [0.25, 0.3) is 0 Å².